The molecule has 13 heavy (non-hydrogen) atoms. The Morgan fingerprint density at radius 3 is 2.62 bits per heavy atom. The molecule has 68 valence electrons. The highest BCUT2D eigenvalue weighted by Gasteiger charge is 2.10. The molecule has 3 nitrogen and oxygen atoms in total. The van der Waals surface area contributed by atoms with Gasteiger partial charge in [-0.25, -0.2) is 13.8 Å². The number of aromatic amines is 1. The van der Waals surface area contributed by atoms with Crippen molar-refractivity contribution < 1.29 is 8.78 Å². The molecule has 0 aliphatic carbocycles. The zero-order valence-electron chi connectivity index (χ0n) is 6.64. The van der Waals surface area contributed by atoms with Crippen LogP contribution >= 0.6 is 0 Å². The summed E-state index contributed by atoms with van der Waals surface area (Å²) < 4.78 is 26.1. The van der Waals surface area contributed by atoms with Crippen molar-refractivity contribution in [3.63, 3.8) is 0 Å². The van der Waals surface area contributed by atoms with E-state index in [0.29, 0.717) is 5.82 Å². The van der Waals surface area contributed by atoms with Gasteiger partial charge in [-0.1, -0.05) is 0 Å². The van der Waals surface area contributed by atoms with E-state index in [0.717, 1.165) is 12.1 Å². The number of halogens is 2. The van der Waals surface area contributed by atoms with E-state index < -0.39 is 11.6 Å². The van der Waals surface area contributed by atoms with E-state index in [1.807, 2.05) is 0 Å². The van der Waals surface area contributed by atoms with E-state index in [4.69, 9.17) is 5.73 Å². The summed E-state index contributed by atoms with van der Waals surface area (Å²) in [5.74, 6) is -0.699. The number of rotatable bonds is 1. The predicted molar refractivity (Wildman–Crippen MR) is 43.9 cm³/mol. The molecule has 1 aromatic heterocycles. The molecule has 5 heteroatoms. The minimum Gasteiger partial charge on any atom is -0.338 e. The van der Waals surface area contributed by atoms with Gasteiger partial charge in [-0.05, 0) is 12.1 Å². The zero-order chi connectivity index (χ0) is 9.42. The minimum atomic E-state index is -0.549. The lowest BCUT2D eigenvalue weighted by molar-refractivity contribution is 0.615. The van der Waals surface area contributed by atoms with E-state index in [-0.39, 0.29) is 17.6 Å². The van der Waals surface area contributed by atoms with Crippen LogP contribution in [0.2, 0.25) is 0 Å². The van der Waals surface area contributed by atoms with Crippen LogP contribution in [0.15, 0.2) is 12.1 Å². The molecule has 0 amide bonds. The van der Waals surface area contributed by atoms with Gasteiger partial charge in [0.2, 0.25) is 0 Å². The molecule has 0 spiro atoms. The first kappa shape index (κ1) is 8.12. The molecule has 0 saturated carbocycles. The lowest BCUT2D eigenvalue weighted by Gasteiger charge is -1.90. The number of nitrogens with zero attached hydrogens (tertiary/aromatic N) is 1. The van der Waals surface area contributed by atoms with Gasteiger partial charge in [0, 0.05) is 0 Å². The van der Waals surface area contributed by atoms with Crippen molar-refractivity contribution in [2.45, 2.75) is 6.54 Å². The van der Waals surface area contributed by atoms with Gasteiger partial charge < -0.3 is 10.7 Å². The van der Waals surface area contributed by atoms with E-state index in [9.17, 15) is 8.78 Å². The fourth-order valence-corrected chi connectivity index (χ4v) is 1.17. The highest BCUT2D eigenvalue weighted by molar-refractivity contribution is 5.76. The first-order valence-corrected chi connectivity index (χ1v) is 3.75. The van der Waals surface area contributed by atoms with Crippen molar-refractivity contribution >= 4 is 11.0 Å². The van der Waals surface area contributed by atoms with Crippen LogP contribution in [0.4, 0.5) is 8.78 Å². The van der Waals surface area contributed by atoms with Gasteiger partial charge in [0.1, 0.15) is 22.7 Å². The summed E-state index contributed by atoms with van der Waals surface area (Å²) in [6.45, 7) is 0.133. The monoisotopic (exact) mass is 183 g/mol. The molecule has 3 N–H and O–H groups in total. The smallest absolute Gasteiger partial charge is 0.151 e. The van der Waals surface area contributed by atoms with Gasteiger partial charge in [-0.3, -0.25) is 0 Å². The van der Waals surface area contributed by atoms with Gasteiger partial charge in [0.05, 0.1) is 6.54 Å². The van der Waals surface area contributed by atoms with E-state index in [1.165, 1.54) is 0 Å². The maximum atomic E-state index is 13.0. The largest absolute Gasteiger partial charge is 0.338 e. The van der Waals surface area contributed by atoms with Crippen LogP contribution in [-0.4, -0.2) is 9.97 Å². The average Bonchev–Trinajstić information content (AvgIpc) is 2.56. The lowest BCUT2D eigenvalue weighted by Crippen LogP contribution is -1.97. The van der Waals surface area contributed by atoms with Crippen molar-refractivity contribution in [2.24, 2.45) is 5.73 Å². The highest BCUT2D eigenvalue weighted by atomic mass is 19.1. The van der Waals surface area contributed by atoms with Gasteiger partial charge in [0.15, 0.2) is 5.82 Å². The molecule has 2 aromatic rings. The van der Waals surface area contributed by atoms with E-state index in [2.05, 4.69) is 9.97 Å². The molecule has 1 heterocycles. The van der Waals surface area contributed by atoms with Crippen molar-refractivity contribution in [2.75, 3.05) is 0 Å². The molecule has 0 atom stereocenters. The SMILES string of the molecule is NCc1nc2c(F)ccc(F)c2[nH]1. The zero-order valence-corrected chi connectivity index (χ0v) is 6.64. The molecule has 0 fully saturated rings. The number of imidazole rings is 1. The van der Waals surface area contributed by atoms with Gasteiger partial charge in [0.25, 0.3) is 0 Å². The van der Waals surface area contributed by atoms with Gasteiger partial charge >= 0.3 is 0 Å². The summed E-state index contributed by atoms with van der Waals surface area (Å²) in [5.41, 5.74) is 5.35. The highest BCUT2D eigenvalue weighted by Crippen LogP contribution is 2.18. The number of benzene rings is 1. The second kappa shape index (κ2) is 2.77. The van der Waals surface area contributed by atoms with Crippen molar-refractivity contribution in [3.05, 3.63) is 29.6 Å². The third-order valence-corrected chi connectivity index (χ3v) is 1.79. The fraction of sp³-hybridized carbons (Fsp3) is 0.125. The van der Waals surface area contributed by atoms with Crippen molar-refractivity contribution in [3.8, 4) is 0 Å². The molecule has 1 aromatic carbocycles. The number of nitrogens with one attached hydrogen (secondary N) is 1. The first-order valence-electron chi connectivity index (χ1n) is 3.75. The third-order valence-electron chi connectivity index (χ3n) is 1.79. The van der Waals surface area contributed by atoms with Gasteiger partial charge in [-0.15, -0.1) is 0 Å². The minimum absolute atomic E-state index is 0.000417. The van der Waals surface area contributed by atoms with Crippen LogP contribution in [0.1, 0.15) is 5.82 Å². The van der Waals surface area contributed by atoms with E-state index in [1.54, 1.807) is 0 Å². The number of aromatic nitrogens is 2. The summed E-state index contributed by atoms with van der Waals surface area (Å²) in [4.78, 5) is 6.40. The second-order valence-corrected chi connectivity index (χ2v) is 2.64. The maximum Gasteiger partial charge on any atom is 0.151 e. The quantitative estimate of drug-likeness (QED) is 0.700. The standard InChI is InChI=1S/C8H7F2N3/c9-4-1-2-5(10)8-7(4)12-6(3-11)13-8/h1-2H,3,11H2,(H,12,13). The number of nitrogens with two attached hydrogens (primary N) is 1. The Morgan fingerprint density at radius 2 is 2.00 bits per heavy atom. The Kier molecular flexibility index (Phi) is 1.73. The number of hydrogen-bond donors (Lipinski definition) is 2. The Morgan fingerprint density at radius 1 is 1.31 bits per heavy atom. The fourth-order valence-electron chi connectivity index (χ4n) is 1.17. The van der Waals surface area contributed by atoms with Crippen LogP contribution < -0.4 is 5.73 Å². The normalized spacial score (nSPS) is 11.0. The molecule has 2 rings (SSSR count). The van der Waals surface area contributed by atoms with Crippen LogP contribution in [0.5, 0.6) is 0 Å². The summed E-state index contributed by atoms with van der Waals surface area (Å²) in [6.07, 6.45) is 0. The summed E-state index contributed by atoms with van der Waals surface area (Å²) in [6, 6.07) is 2.09. The lowest BCUT2D eigenvalue weighted by atomic mass is 10.3. The second-order valence-electron chi connectivity index (χ2n) is 2.64. The Bertz CT molecular complexity index is 411. The molecule has 0 aliphatic heterocycles. The number of fused-ring (bicyclic) bond motifs is 1. The van der Waals surface area contributed by atoms with Crippen molar-refractivity contribution in [1.29, 1.82) is 0 Å². The summed E-state index contributed by atoms with van der Waals surface area (Å²) >= 11 is 0. The Hall–Kier alpha value is -1.49. The summed E-state index contributed by atoms with van der Waals surface area (Å²) in [5, 5.41) is 0. The Labute approximate surface area is 72.6 Å². The van der Waals surface area contributed by atoms with Crippen LogP contribution in [0, 0.1) is 11.6 Å². The molecule has 0 radical (unpaired) electrons. The van der Waals surface area contributed by atoms with Crippen LogP contribution in [-0.2, 0) is 6.54 Å². The molecular formula is C8H7F2N3. The molecule has 0 unspecified atom stereocenters. The molecule has 0 aliphatic rings. The van der Waals surface area contributed by atoms with Crippen LogP contribution in [0.3, 0.4) is 0 Å². The summed E-state index contributed by atoms with van der Waals surface area (Å²) in [7, 11) is 0. The third kappa shape index (κ3) is 1.17. The maximum absolute atomic E-state index is 13.0. The topological polar surface area (TPSA) is 54.7 Å². The number of hydrogen-bond acceptors (Lipinski definition) is 2. The predicted octanol–water partition coefficient (Wildman–Crippen LogP) is 1.30. The average molecular weight is 183 g/mol. The molecule has 0 saturated heterocycles. The van der Waals surface area contributed by atoms with Crippen molar-refractivity contribution in [1.82, 2.24) is 9.97 Å². The Balaban J connectivity index is 2.80. The number of H-pyrrole nitrogens is 1. The molecular weight excluding hydrogens is 176 g/mol. The molecule has 0 bridgehead atoms. The van der Waals surface area contributed by atoms with Crippen LogP contribution in [0.25, 0.3) is 11.0 Å². The van der Waals surface area contributed by atoms with Gasteiger partial charge in [-0.2, -0.15) is 0 Å². The first-order chi connectivity index (χ1) is 6.22. The van der Waals surface area contributed by atoms with E-state index >= 15 is 0 Å².